The maximum Gasteiger partial charge on any atom is 0.332 e. The van der Waals surface area contributed by atoms with Crippen molar-refractivity contribution in [3.8, 4) is 0 Å². The molecule has 5 nitrogen and oxygen atoms in total. The third-order valence-corrected chi connectivity index (χ3v) is 6.74. The smallest absolute Gasteiger partial charge is 0.309 e. The van der Waals surface area contributed by atoms with Gasteiger partial charge in [0.15, 0.2) is 0 Å². The minimum absolute atomic E-state index is 0.253. The van der Waals surface area contributed by atoms with Gasteiger partial charge in [-0.05, 0) is 48.7 Å². The van der Waals surface area contributed by atoms with Crippen molar-refractivity contribution in [2.75, 3.05) is 17.7 Å². The first-order chi connectivity index (χ1) is 13.3. The van der Waals surface area contributed by atoms with Crippen molar-refractivity contribution in [1.29, 1.82) is 0 Å². The van der Waals surface area contributed by atoms with Gasteiger partial charge in [-0.1, -0.05) is 35.3 Å². The molecule has 2 unspecified atom stereocenters. The van der Waals surface area contributed by atoms with Crippen LogP contribution in [0.4, 0.5) is 10.5 Å². The van der Waals surface area contributed by atoms with Gasteiger partial charge in [-0.2, -0.15) is 0 Å². The standard InChI is InChI=1S/C20H18Cl2N2O3S/c1-28(27)17-5-3-13(4-6-17)12-20-7-2-8-23(20)19(26)24(18(20)25)16-10-14(21)9-15(22)11-16/h3-6,9-11H,2,7-8,12H2,1H3. The predicted molar refractivity (Wildman–Crippen MR) is 110 cm³/mol. The third kappa shape index (κ3) is 3.13. The lowest BCUT2D eigenvalue weighted by Gasteiger charge is -2.28. The van der Waals surface area contributed by atoms with E-state index >= 15 is 0 Å². The maximum absolute atomic E-state index is 13.5. The molecule has 0 N–H and O–H groups in total. The Balaban J connectivity index is 1.70. The normalized spacial score (nSPS) is 22.7. The molecule has 8 heteroatoms. The van der Waals surface area contributed by atoms with Gasteiger partial charge in [0.05, 0.1) is 5.69 Å². The molecule has 2 aromatic carbocycles. The van der Waals surface area contributed by atoms with Gasteiger partial charge in [0, 0.05) is 45.0 Å². The number of hydrogen-bond donors (Lipinski definition) is 0. The van der Waals surface area contributed by atoms with Crippen LogP contribution in [-0.4, -0.2) is 39.4 Å². The largest absolute Gasteiger partial charge is 0.332 e. The molecule has 2 fully saturated rings. The zero-order valence-corrected chi connectivity index (χ0v) is 17.5. The van der Waals surface area contributed by atoms with Gasteiger partial charge in [0.2, 0.25) is 0 Å². The van der Waals surface area contributed by atoms with E-state index in [-0.39, 0.29) is 11.9 Å². The first kappa shape index (κ1) is 19.4. The lowest BCUT2D eigenvalue weighted by molar-refractivity contribution is -0.123. The summed E-state index contributed by atoms with van der Waals surface area (Å²) in [7, 11) is -1.06. The molecular formula is C20H18Cl2N2O3S. The topological polar surface area (TPSA) is 57.7 Å². The van der Waals surface area contributed by atoms with Crippen LogP contribution in [0.1, 0.15) is 18.4 Å². The highest BCUT2D eigenvalue weighted by Gasteiger charge is 2.59. The summed E-state index contributed by atoms with van der Waals surface area (Å²) in [6.45, 7) is 0.534. The van der Waals surface area contributed by atoms with Crippen LogP contribution in [0.25, 0.3) is 0 Å². The number of anilines is 1. The van der Waals surface area contributed by atoms with Gasteiger partial charge in [-0.25, -0.2) is 9.69 Å². The minimum atomic E-state index is -1.06. The van der Waals surface area contributed by atoms with Gasteiger partial charge in [-0.3, -0.25) is 9.00 Å². The van der Waals surface area contributed by atoms with Crippen LogP contribution in [-0.2, 0) is 22.0 Å². The highest BCUT2D eigenvalue weighted by atomic mass is 35.5. The fourth-order valence-electron chi connectivity index (χ4n) is 4.09. The Kier molecular flexibility index (Phi) is 4.98. The number of amides is 3. The number of halogens is 2. The Morgan fingerprint density at radius 3 is 2.32 bits per heavy atom. The Morgan fingerprint density at radius 2 is 1.71 bits per heavy atom. The van der Waals surface area contributed by atoms with Crippen LogP contribution in [0.5, 0.6) is 0 Å². The number of carbonyl (C=O) groups excluding carboxylic acids is 2. The first-order valence-electron chi connectivity index (χ1n) is 8.86. The van der Waals surface area contributed by atoms with E-state index in [1.165, 1.54) is 4.90 Å². The Labute approximate surface area is 175 Å². The van der Waals surface area contributed by atoms with Crippen molar-refractivity contribution in [3.63, 3.8) is 0 Å². The Hall–Kier alpha value is -1.89. The molecule has 2 saturated heterocycles. The average Bonchev–Trinajstić information content (AvgIpc) is 3.13. The van der Waals surface area contributed by atoms with Crippen molar-refractivity contribution >= 4 is 51.6 Å². The summed E-state index contributed by atoms with van der Waals surface area (Å²) in [4.78, 5) is 30.1. The molecule has 28 heavy (non-hydrogen) atoms. The first-order valence-corrected chi connectivity index (χ1v) is 11.2. The fraction of sp³-hybridized carbons (Fsp3) is 0.300. The number of fused-ring (bicyclic) bond motifs is 1. The Morgan fingerprint density at radius 1 is 1.07 bits per heavy atom. The number of nitrogens with zero attached hydrogens (tertiary/aromatic N) is 2. The minimum Gasteiger partial charge on any atom is -0.309 e. The summed E-state index contributed by atoms with van der Waals surface area (Å²) in [5.74, 6) is -0.253. The van der Waals surface area contributed by atoms with E-state index in [0.717, 1.165) is 16.9 Å². The number of rotatable bonds is 4. The number of carbonyl (C=O) groups is 2. The fourth-order valence-corrected chi connectivity index (χ4v) is 5.12. The van der Waals surface area contributed by atoms with Crippen molar-refractivity contribution in [1.82, 2.24) is 4.90 Å². The second-order valence-electron chi connectivity index (χ2n) is 7.11. The van der Waals surface area contributed by atoms with E-state index in [4.69, 9.17) is 23.2 Å². The molecule has 2 atom stereocenters. The second kappa shape index (κ2) is 7.17. The molecule has 2 heterocycles. The molecule has 2 aliphatic rings. The van der Waals surface area contributed by atoms with Gasteiger partial charge in [0.1, 0.15) is 5.54 Å². The number of imide groups is 1. The lowest BCUT2D eigenvalue weighted by Crippen LogP contribution is -2.47. The maximum atomic E-state index is 13.5. The second-order valence-corrected chi connectivity index (χ2v) is 9.36. The van der Waals surface area contributed by atoms with Crippen LogP contribution in [0.15, 0.2) is 47.4 Å². The summed E-state index contributed by atoms with van der Waals surface area (Å²) in [5.41, 5.74) is 0.407. The third-order valence-electron chi connectivity index (χ3n) is 5.37. The molecule has 146 valence electrons. The van der Waals surface area contributed by atoms with Crippen LogP contribution in [0, 0.1) is 0 Å². The van der Waals surface area contributed by atoms with Gasteiger partial charge < -0.3 is 4.90 Å². The van der Waals surface area contributed by atoms with Crippen molar-refractivity contribution in [2.24, 2.45) is 0 Å². The molecule has 2 aromatic rings. The average molecular weight is 437 g/mol. The van der Waals surface area contributed by atoms with E-state index in [9.17, 15) is 13.8 Å². The monoisotopic (exact) mass is 436 g/mol. The summed E-state index contributed by atoms with van der Waals surface area (Å²) in [6.07, 6.45) is 3.42. The van der Waals surface area contributed by atoms with Crippen molar-refractivity contribution < 1.29 is 13.8 Å². The van der Waals surface area contributed by atoms with E-state index in [0.29, 0.717) is 35.1 Å². The molecule has 0 aromatic heterocycles. The van der Waals surface area contributed by atoms with Crippen LogP contribution >= 0.6 is 23.2 Å². The molecule has 0 saturated carbocycles. The summed E-state index contributed by atoms with van der Waals surface area (Å²) >= 11 is 12.2. The van der Waals surface area contributed by atoms with Gasteiger partial charge >= 0.3 is 6.03 Å². The predicted octanol–water partition coefficient (Wildman–Crippen LogP) is 4.27. The van der Waals surface area contributed by atoms with Crippen molar-refractivity contribution in [2.45, 2.75) is 29.7 Å². The molecule has 0 bridgehead atoms. The molecule has 0 spiro atoms. The van der Waals surface area contributed by atoms with Crippen LogP contribution in [0.3, 0.4) is 0 Å². The van der Waals surface area contributed by atoms with Crippen LogP contribution < -0.4 is 4.90 Å². The summed E-state index contributed by atoms with van der Waals surface area (Å²) < 4.78 is 11.6. The lowest BCUT2D eigenvalue weighted by atomic mass is 9.88. The highest BCUT2D eigenvalue weighted by Crippen LogP contribution is 2.43. The molecule has 3 amide bonds. The quantitative estimate of drug-likeness (QED) is 0.672. The van der Waals surface area contributed by atoms with Gasteiger partial charge in [-0.15, -0.1) is 0 Å². The molecular weight excluding hydrogens is 419 g/mol. The molecule has 4 rings (SSSR count). The zero-order valence-electron chi connectivity index (χ0n) is 15.2. The summed E-state index contributed by atoms with van der Waals surface area (Å²) in [6, 6.07) is 11.7. The number of benzene rings is 2. The SMILES string of the molecule is CS(=O)c1ccc(CC23CCCN2C(=O)N(c2cc(Cl)cc(Cl)c2)C3=O)cc1. The highest BCUT2D eigenvalue weighted by molar-refractivity contribution is 7.84. The van der Waals surface area contributed by atoms with E-state index in [2.05, 4.69) is 0 Å². The van der Waals surface area contributed by atoms with E-state index in [1.54, 1.807) is 41.5 Å². The van der Waals surface area contributed by atoms with E-state index in [1.807, 2.05) is 12.1 Å². The van der Waals surface area contributed by atoms with Gasteiger partial charge in [0.25, 0.3) is 5.91 Å². The summed E-state index contributed by atoms with van der Waals surface area (Å²) in [5, 5.41) is 0.736. The molecule has 0 radical (unpaired) electrons. The Bertz CT molecular complexity index is 975. The molecule has 0 aliphatic carbocycles. The van der Waals surface area contributed by atoms with Crippen LogP contribution in [0.2, 0.25) is 10.0 Å². The zero-order chi connectivity index (χ0) is 20.1. The number of hydrogen-bond acceptors (Lipinski definition) is 3. The van der Waals surface area contributed by atoms with Crippen molar-refractivity contribution in [3.05, 3.63) is 58.1 Å². The molecule has 2 aliphatic heterocycles. The number of urea groups is 1. The van der Waals surface area contributed by atoms with E-state index < -0.39 is 16.3 Å².